The number of guanidine groups is 1. The van der Waals surface area contributed by atoms with Crippen LogP contribution in [0.15, 0.2) is 29.3 Å². The van der Waals surface area contributed by atoms with E-state index in [1.54, 1.807) is 7.11 Å². The van der Waals surface area contributed by atoms with E-state index in [4.69, 9.17) is 9.73 Å². The number of piperazine rings is 1. The number of esters is 1. The van der Waals surface area contributed by atoms with Crippen LogP contribution >= 0.6 is 24.0 Å². The number of halogens is 1. The van der Waals surface area contributed by atoms with Crippen LogP contribution in [0.1, 0.15) is 26.2 Å². The Hall–Kier alpha value is -1.71. The summed E-state index contributed by atoms with van der Waals surface area (Å²) in [6.07, 6.45) is 2.15. The van der Waals surface area contributed by atoms with Crippen molar-refractivity contribution in [2.75, 3.05) is 58.4 Å². The molecule has 1 aromatic carbocycles. The monoisotopic (exact) mass is 504 g/mol. The smallest absolute Gasteiger partial charge is 0.305 e. The fourth-order valence-corrected chi connectivity index (χ4v) is 3.08. The molecule has 1 aromatic rings. The number of carbonyl (C=O) groups excluding carboxylic acids is 1. The van der Waals surface area contributed by atoms with Gasteiger partial charge in [0.25, 0.3) is 0 Å². The topological polar surface area (TPSA) is 66.4 Å². The van der Waals surface area contributed by atoms with Gasteiger partial charge in [-0.05, 0) is 31.9 Å². The fourth-order valence-electron chi connectivity index (χ4n) is 3.08. The van der Waals surface area contributed by atoms with Gasteiger partial charge in [0.1, 0.15) is 5.75 Å². The van der Waals surface area contributed by atoms with Crippen molar-refractivity contribution in [1.82, 2.24) is 10.2 Å². The van der Waals surface area contributed by atoms with E-state index in [0.717, 1.165) is 63.8 Å². The molecule has 8 heteroatoms. The third-order valence-corrected chi connectivity index (χ3v) is 4.61. The van der Waals surface area contributed by atoms with Gasteiger partial charge in [-0.1, -0.05) is 6.07 Å². The highest BCUT2D eigenvalue weighted by Crippen LogP contribution is 2.22. The minimum atomic E-state index is -0.153. The Bertz CT molecular complexity index is 619. The first-order valence-corrected chi connectivity index (χ1v) is 9.67. The van der Waals surface area contributed by atoms with Crippen molar-refractivity contribution >= 4 is 41.6 Å². The predicted molar refractivity (Wildman–Crippen MR) is 124 cm³/mol. The summed E-state index contributed by atoms with van der Waals surface area (Å²) in [5.74, 6) is 1.69. The SMILES string of the molecule is CCNC(=NCCCCC(=O)OC)N1CCN(c2cccc(OC)c2)CC1.I. The van der Waals surface area contributed by atoms with Crippen LogP contribution in [0.5, 0.6) is 5.75 Å². The second kappa shape index (κ2) is 13.5. The van der Waals surface area contributed by atoms with E-state index in [1.807, 2.05) is 12.1 Å². The molecule has 2 rings (SSSR count). The average molecular weight is 504 g/mol. The van der Waals surface area contributed by atoms with Crippen molar-refractivity contribution in [1.29, 1.82) is 0 Å². The molecule has 0 saturated carbocycles. The third kappa shape index (κ3) is 7.73. The Balaban J connectivity index is 0.00000392. The number of rotatable bonds is 8. The van der Waals surface area contributed by atoms with Crippen LogP contribution in [0.2, 0.25) is 0 Å². The van der Waals surface area contributed by atoms with Gasteiger partial charge in [0.05, 0.1) is 14.2 Å². The van der Waals surface area contributed by atoms with Crippen LogP contribution in [0.4, 0.5) is 5.69 Å². The van der Waals surface area contributed by atoms with Crippen molar-refractivity contribution in [2.45, 2.75) is 26.2 Å². The lowest BCUT2D eigenvalue weighted by Crippen LogP contribution is -2.52. The zero-order chi connectivity index (χ0) is 19.5. The molecule has 158 valence electrons. The number of hydrogen-bond donors (Lipinski definition) is 1. The van der Waals surface area contributed by atoms with Crippen molar-refractivity contribution < 1.29 is 14.3 Å². The molecule has 7 nitrogen and oxygen atoms in total. The predicted octanol–water partition coefficient (Wildman–Crippen LogP) is 2.74. The molecular formula is C20H33IN4O3. The Morgan fingerprint density at radius 3 is 2.57 bits per heavy atom. The Morgan fingerprint density at radius 2 is 1.93 bits per heavy atom. The lowest BCUT2D eigenvalue weighted by atomic mass is 10.2. The van der Waals surface area contributed by atoms with E-state index >= 15 is 0 Å². The van der Waals surface area contributed by atoms with Crippen molar-refractivity contribution in [3.63, 3.8) is 0 Å². The summed E-state index contributed by atoms with van der Waals surface area (Å²) >= 11 is 0. The van der Waals surface area contributed by atoms with Gasteiger partial charge in [-0.3, -0.25) is 9.79 Å². The van der Waals surface area contributed by atoms with Gasteiger partial charge in [0.15, 0.2) is 5.96 Å². The summed E-state index contributed by atoms with van der Waals surface area (Å²) < 4.78 is 9.99. The van der Waals surface area contributed by atoms with Crippen LogP contribution in [-0.4, -0.2) is 70.3 Å². The van der Waals surface area contributed by atoms with Crippen molar-refractivity contribution in [3.8, 4) is 5.75 Å². The summed E-state index contributed by atoms with van der Waals surface area (Å²) in [6.45, 7) is 7.38. The Kier molecular flexibility index (Phi) is 11.7. The maximum Gasteiger partial charge on any atom is 0.305 e. The molecule has 28 heavy (non-hydrogen) atoms. The maximum absolute atomic E-state index is 11.2. The highest BCUT2D eigenvalue weighted by atomic mass is 127. The molecule has 1 saturated heterocycles. The van der Waals surface area contributed by atoms with Crippen LogP contribution in [0, 0.1) is 0 Å². The van der Waals surface area contributed by atoms with Gasteiger partial charge < -0.3 is 24.6 Å². The van der Waals surface area contributed by atoms with Crippen molar-refractivity contribution in [2.24, 2.45) is 4.99 Å². The number of hydrogen-bond acceptors (Lipinski definition) is 5. The van der Waals surface area contributed by atoms with Gasteiger partial charge in [0.2, 0.25) is 0 Å². The minimum absolute atomic E-state index is 0. The van der Waals surface area contributed by atoms with E-state index in [9.17, 15) is 4.79 Å². The molecule has 0 amide bonds. The normalized spacial score (nSPS) is 14.3. The zero-order valence-electron chi connectivity index (χ0n) is 17.1. The summed E-state index contributed by atoms with van der Waals surface area (Å²) in [4.78, 5) is 20.6. The molecule has 0 radical (unpaired) electrons. The largest absolute Gasteiger partial charge is 0.497 e. The number of benzene rings is 1. The molecule has 0 aliphatic carbocycles. The summed E-state index contributed by atoms with van der Waals surface area (Å²) in [5.41, 5.74) is 1.19. The Labute approximate surface area is 185 Å². The molecule has 1 heterocycles. The molecular weight excluding hydrogens is 471 g/mol. The molecule has 0 spiro atoms. The summed E-state index contributed by atoms with van der Waals surface area (Å²) in [5, 5.41) is 3.38. The van der Waals surface area contributed by atoms with Crippen LogP contribution < -0.4 is 15.0 Å². The van der Waals surface area contributed by atoms with Gasteiger partial charge in [-0.2, -0.15) is 0 Å². The number of ether oxygens (including phenoxy) is 2. The summed E-state index contributed by atoms with van der Waals surface area (Å²) in [7, 11) is 3.12. The van der Waals surface area contributed by atoms with E-state index < -0.39 is 0 Å². The Morgan fingerprint density at radius 1 is 1.18 bits per heavy atom. The van der Waals surface area contributed by atoms with Gasteiger partial charge in [-0.25, -0.2) is 0 Å². The molecule has 1 aliphatic rings. The fraction of sp³-hybridized carbons (Fsp3) is 0.600. The number of methoxy groups -OCH3 is 2. The number of nitrogens with one attached hydrogen (secondary N) is 1. The van der Waals surface area contributed by atoms with Crippen LogP contribution in [0.25, 0.3) is 0 Å². The maximum atomic E-state index is 11.2. The lowest BCUT2D eigenvalue weighted by molar-refractivity contribution is -0.140. The quantitative estimate of drug-likeness (QED) is 0.193. The second-order valence-electron chi connectivity index (χ2n) is 6.44. The number of aliphatic imine (C=N–C) groups is 1. The molecule has 0 unspecified atom stereocenters. The third-order valence-electron chi connectivity index (χ3n) is 4.61. The number of nitrogens with zero attached hydrogens (tertiary/aromatic N) is 3. The van der Waals surface area contributed by atoms with Gasteiger partial charge in [0, 0.05) is 57.4 Å². The van der Waals surface area contributed by atoms with Crippen LogP contribution in [0.3, 0.4) is 0 Å². The van der Waals surface area contributed by atoms with Gasteiger partial charge in [-0.15, -0.1) is 24.0 Å². The first kappa shape index (κ1) is 24.3. The highest BCUT2D eigenvalue weighted by molar-refractivity contribution is 14.0. The first-order chi connectivity index (χ1) is 13.2. The molecule has 1 aliphatic heterocycles. The summed E-state index contributed by atoms with van der Waals surface area (Å²) in [6, 6.07) is 8.20. The van der Waals surface area contributed by atoms with Crippen LogP contribution in [-0.2, 0) is 9.53 Å². The molecule has 0 bridgehead atoms. The first-order valence-electron chi connectivity index (χ1n) is 9.67. The molecule has 0 atom stereocenters. The molecule has 1 fully saturated rings. The lowest BCUT2D eigenvalue weighted by Gasteiger charge is -2.37. The number of anilines is 1. The minimum Gasteiger partial charge on any atom is -0.497 e. The highest BCUT2D eigenvalue weighted by Gasteiger charge is 2.20. The zero-order valence-corrected chi connectivity index (χ0v) is 19.5. The van der Waals surface area contributed by atoms with E-state index in [-0.39, 0.29) is 29.9 Å². The second-order valence-corrected chi connectivity index (χ2v) is 6.44. The molecule has 0 aromatic heterocycles. The van der Waals surface area contributed by atoms with E-state index in [2.05, 4.69) is 38.9 Å². The van der Waals surface area contributed by atoms with E-state index in [1.165, 1.54) is 12.8 Å². The number of carbonyl (C=O) groups is 1. The molecule has 1 N–H and O–H groups in total. The van der Waals surface area contributed by atoms with E-state index in [0.29, 0.717) is 6.42 Å². The average Bonchev–Trinajstić information content (AvgIpc) is 2.72. The standard InChI is InChI=1S/C20H32N4O3.HI/c1-4-21-20(22-11-6-5-10-19(25)27-3)24-14-12-23(13-15-24)17-8-7-9-18(16-17)26-2;/h7-9,16H,4-6,10-15H2,1-3H3,(H,21,22);1H. The van der Waals surface area contributed by atoms with Gasteiger partial charge >= 0.3 is 5.97 Å². The van der Waals surface area contributed by atoms with Crippen molar-refractivity contribution in [3.05, 3.63) is 24.3 Å². The number of unbranched alkanes of at least 4 members (excludes halogenated alkanes) is 1.